The minimum absolute atomic E-state index is 0.0110. The summed E-state index contributed by atoms with van der Waals surface area (Å²) in [5, 5.41) is 17.2. The van der Waals surface area contributed by atoms with Crippen LogP contribution in [-0.4, -0.2) is 23.0 Å². The first-order valence-corrected chi connectivity index (χ1v) is 9.38. The number of benzene rings is 2. The number of carbonyl (C=O) groups is 2. The van der Waals surface area contributed by atoms with E-state index in [0.29, 0.717) is 28.3 Å². The van der Waals surface area contributed by atoms with Gasteiger partial charge in [-0.15, -0.1) is 0 Å². The fraction of sp³-hybridized carbons (Fsp3) is 0.0500. The van der Waals surface area contributed by atoms with Gasteiger partial charge in [0.05, 0.1) is 11.1 Å². The van der Waals surface area contributed by atoms with Crippen LogP contribution < -0.4 is 10.7 Å². The van der Waals surface area contributed by atoms with Crippen molar-refractivity contribution < 1.29 is 18.9 Å². The topological polar surface area (TPSA) is 127 Å². The molecule has 0 fully saturated rings. The Morgan fingerprint density at radius 2 is 1.83 bits per heavy atom. The number of hydrazone groups is 1. The summed E-state index contributed by atoms with van der Waals surface area (Å²) in [5.41, 5.74) is 3.60. The summed E-state index contributed by atoms with van der Waals surface area (Å²) in [4.78, 5) is 34.3. The van der Waals surface area contributed by atoms with Gasteiger partial charge >= 0.3 is 11.8 Å². The second-order valence-corrected chi connectivity index (χ2v) is 6.98. The van der Waals surface area contributed by atoms with E-state index in [0.717, 1.165) is 4.47 Å². The van der Waals surface area contributed by atoms with Crippen molar-refractivity contribution in [1.82, 2.24) is 5.43 Å². The van der Waals surface area contributed by atoms with Crippen molar-refractivity contribution in [3.63, 3.8) is 0 Å². The molecule has 30 heavy (non-hydrogen) atoms. The van der Waals surface area contributed by atoms with Gasteiger partial charge < -0.3 is 9.73 Å². The van der Waals surface area contributed by atoms with E-state index in [2.05, 4.69) is 31.8 Å². The summed E-state index contributed by atoms with van der Waals surface area (Å²) in [7, 11) is 0. The zero-order valence-electron chi connectivity index (χ0n) is 15.6. The highest BCUT2D eigenvalue weighted by Crippen LogP contribution is 2.30. The average molecular weight is 471 g/mol. The lowest BCUT2D eigenvalue weighted by atomic mass is 10.1. The van der Waals surface area contributed by atoms with Gasteiger partial charge in [0.2, 0.25) is 0 Å². The van der Waals surface area contributed by atoms with Gasteiger partial charge in [0.25, 0.3) is 5.69 Å². The maximum atomic E-state index is 11.9. The summed E-state index contributed by atoms with van der Waals surface area (Å²) in [6.07, 6.45) is 1.22. The number of nitrogens with one attached hydrogen (secondary N) is 2. The van der Waals surface area contributed by atoms with Crippen LogP contribution in [0, 0.1) is 17.0 Å². The van der Waals surface area contributed by atoms with E-state index in [1.54, 1.807) is 55.5 Å². The molecule has 0 unspecified atom stereocenters. The predicted molar refractivity (Wildman–Crippen MR) is 114 cm³/mol. The molecule has 1 aromatic heterocycles. The molecule has 10 heteroatoms. The molecule has 0 radical (unpaired) electrons. The first kappa shape index (κ1) is 20.9. The van der Waals surface area contributed by atoms with Crippen molar-refractivity contribution in [2.24, 2.45) is 5.10 Å². The Morgan fingerprint density at radius 3 is 2.53 bits per heavy atom. The zero-order chi connectivity index (χ0) is 21.7. The molecule has 0 aliphatic heterocycles. The second-order valence-electron chi connectivity index (χ2n) is 6.07. The maximum absolute atomic E-state index is 11.9. The van der Waals surface area contributed by atoms with Crippen LogP contribution in [0.4, 0.5) is 11.4 Å². The largest absolute Gasteiger partial charge is 0.455 e. The Kier molecular flexibility index (Phi) is 6.38. The van der Waals surface area contributed by atoms with E-state index < -0.39 is 16.7 Å². The Labute approximate surface area is 179 Å². The molecule has 1 heterocycles. The first-order chi connectivity index (χ1) is 14.3. The van der Waals surface area contributed by atoms with Crippen LogP contribution in [0.1, 0.15) is 11.3 Å². The summed E-state index contributed by atoms with van der Waals surface area (Å²) in [6.45, 7) is 1.63. The first-order valence-electron chi connectivity index (χ1n) is 8.59. The van der Waals surface area contributed by atoms with Crippen LogP contribution in [0.25, 0.3) is 11.3 Å². The molecule has 0 saturated carbocycles. The van der Waals surface area contributed by atoms with E-state index in [9.17, 15) is 19.7 Å². The third-order valence-corrected chi connectivity index (χ3v) is 4.59. The minimum Gasteiger partial charge on any atom is -0.455 e. The Hall–Kier alpha value is -3.79. The van der Waals surface area contributed by atoms with Crippen molar-refractivity contribution in [1.29, 1.82) is 0 Å². The van der Waals surface area contributed by atoms with Gasteiger partial charge in [-0.25, -0.2) is 5.43 Å². The van der Waals surface area contributed by atoms with Crippen molar-refractivity contribution >= 4 is 45.3 Å². The number of carbonyl (C=O) groups excluding carboxylic acids is 2. The van der Waals surface area contributed by atoms with Gasteiger partial charge in [-0.05, 0) is 43.3 Å². The van der Waals surface area contributed by atoms with Crippen molar-refractivity contribution in [3.05, 3.63) is 80.5 Å². The smallest absolute Gasteiger partial charge is 0.329 e. The van der Waals surface area contributed by atoms with E-state index in [4.69, 9.17) is 4.42 Å². The zero-order valence-corrected chi connectivity index (χ0v) is 17.2. The van der Waals surface area contributed by atoms with Crippen molar-refractivity contribution in [2.75, 3.05) is 5.32 Å². The maximum Gasteiger partial charge on any atom is 0.329 e. The van der Waals surface area contributed by atoms with Crippen LogP contribution in [0.5, 0.6) is 0 Å². The number of rotatable bonds is 5. The monoisotopic (exact) mass is 470 g/mol. The van der Waals surface area contributed by atoms with Crippen molar-refractivity contribution in [3.8, 4) is 11.3 Å². The number of anilines is 1. The van der Waals surface area contributed by atoms with Crippen molar-refractivity contribution in [2.45, 2.75) is 6.92 Å². The van der Waals surface area contributed by atoms with Crippen LogP contribution in [0.15, 0.2) is 68.6 Å². The molecule has 9 nitrogen and oxygen atoms in total. The third-order valence-electron chi connectivity index (χ3n) is 4.06. The lowest BCUT2D eigenvalue weighted by molar-refractivity contribution is -0.385. The summed E-state index contributed by atoms with van der Waals surface area (Å²) >= 11 is 3.28. The van der Waals surface area contributed by atoms with Gasteiger partial charge in [-0.2, -0.15) is 5.10 Å². The number of nitro groups is 1. The lowest BCUT2D eigenvalue weighted by Gasteiger charge is -2.03. The molecule has 0 spiro atoms. The van der Waals surface area contributed by atoms with Gasteiger partial charge in [0.1, 0.15) is 11.5 Å². The molecule has 152 valence electrons. The fourth-order valence-electron chi connectivity index (χ4n) is 2.58. The molecule has 0 bridgehead atoms. The van der Waals surface area contributed by atoms with E-state index in [1.807, 2.05) is 0 Å². The minimum atomic E-state index is -0.949. The third kappa shape index (κ3) is 4.97. The molecular formula is C20H15BrN4O5. The SMILES string of the molecule is Cc1c(-c2ccc(/C=N/NC(=O)C(=O)Nc3ccc(Br)cc3)o2)cccc1[N+](=O)[O-]. The van der Waals surface area contributed by atoms with E-state index in [1.165, 1.54) is 12.3 Å². The summed E-state index contributed by atoms with van der Waals surface area (Å²) in [6, 6.07) is 14.6. The Balaban J connectivity index is 1.62. The normalized spacial score (nSPS) is 10.7. The van der Waals surface area contributed by atoms with Gasteiger partial charge in [0, 0.05) is 27.4 Å². The summed E-state index contributed by atoms with van der Waals surface area (Å²) in [5.74, 6) is -1.11. The Morgan fingerprint density at radius 1 is 1.10 bits per heavy atom. The number of hydrogen-bond donors (Lipinski definition) is 2. The fourth-order valence-corrected chi connectivity index (χ4v) is 2.85. The van der Waals surface area contributed by atoms with Crippen LogP contribution >= 0.6 is 15.9 Å². The number of hydrogen-bond acceptors (Lipinski definition) is 6. The second kappa shape index (κ2) is 9.14. The molecule has 0 atom stereocenters. The van der Waals surface area contributed by atoms with Gasteiger partial charge in [-0.3, -0.25) is 19.7 Å². The molecule has 3 aromatic rings. The highest BCUT2D eigenvalue weighted by molar-refractivity contribution is 9.10. The standard InChI is InChI=1S/C20H15BrN4O5/c1-12-16(3-2-4-17(12)25(28)29)18-10-9-15(30-18)11-22-24-20(27)19(26)23-14-7-5-13(21)6-8-14/h2-11H,1H3,(H,23,26)(H,24,27)/b22-11+. The molecule has 0 saturated heterocycles. The Bertz CT molecular complexity index is 1140. The molecule has 0 aliphatic rings. The molecular weight excluding hydrogens is 456 g/mol. The highest BCUT2D eigenvalue weighted by atomic mass is 79.9. The van der Waals surface area contributed by atoms with Crippen LogP contribution in [0.3, 0.4) is 0 Å². The predicted octanol–water partition coefficient (Wildman–Crippen LogP) is 4.01. The van der Waals surface area contributed by atoms with Gasteiger partial charge in [0.15, 0.2) is 0 Å². The molecule has 2 N–H and O–H groups in total. The number of nitro benzene ring substituents is 1. The number of halogens is 1. The van der Waals surface area contributed by atoms with E-state index >= 15 is 0 Å². The molecule has 2 aromatic carbocycles. The summed E-state index contributed by atoms with van der Waals surface area (Å²) < 4.78 is 6.45. The quantitative estimate of drug-likeness (QED) is 0.252. The number of amides is 2. The van der Waals surface area contributed by atoms with E-state index in [-0.39, 0.29) is 5.69 Å². The van der Waals surface area contributed by atoms with Gasteiger partial charge in [-0.1, -0.05) is 28.1 Å². The highest BCUT2D eigenvalue weighted by Gasteiger charge is 2.16. The van der Waals surface area contributed by atoms with Crippen LogP contribution in [-0.2, 0) is 9.59 Å². The van der Waals surface area contributed by atoms with Crippen LogP contribution in [0.2, 0.25) is 0 Å². The molecule has 0 aliphatic carbocycles. The molecule has 2 amide bonds. The molecule has 3 rings (SSSR count). The average Bonchev–Trinajstić information content (AvgIpc) is 3.18. The number of nitrogens with zero attached hydrogens (tertiary/aromatic N) is 2. The number of furan rings is 1. The lowest BCUT2D eigenvalue weighted by Crippen LogP contribution is -2.32.